The molecule has 1 fully saturated rings. The molecule has 1 heterocycles. The molecule has 1 aliphatic heterocycles. The Morgan fingerprint density at radius 2 is 1.89 bits per heavy atom. The molecule has 7 nitrogen and oxygen atoms in total. The van der Waals surface area contributed by atoms with Gasteiger partial charge in [-0.15, -0.1) is 0 Å². The van der Waals surface area contributed by atoms with Gasteiger partial charge in [-0.25, -0.2) is 4.39 Å². The maximum atomic E-state index is 13.3. The van der Waals surface area contributed by atoms with Gasteiger partial charge in [-0.2, -0.15) is 0 Å². The van der Waals surface area contributed by atoms with E-state index in [1.54, 1.807) is 14.0 Å². The summed E-state index contributed by atoms with van der Waals surface area (Å²) in [5.41, 5.74) is 1.03. The molecule has 0 aromatic heterocycles. The largest absolute Gasteiger partial charge is 0.469 e. The molecule has 150 valence electrons. The summed E-state index contributed by atoms with van der Waals surface area (Å²) in [6, 6.07) is 6.65. The van der Waals surface area contributed by atoms with Crippen LogP contribution < -0.4 is 10.6 Å². The molecule has 0 aliphatic carbocycles. The molecule has 0 spiro atoms. The highest BCUT2D eigenvalue weighted by atomic mass is 19.1. The first-order valence-electron chi connectivity index (χ1n) is 9.14. The smallest absolute Gasteiger partial charge is 0.310 e. The van der Waals surface area contributed by atoms with Crippen molar-refractivity contribution in [2.45, 2.75) is 13.0 Å². The fraction of sp³-hybridized carbons (Fsp3) is 0.579. The number of hydrogen-bond donors (Lipinski definition) is 2. The third-order valence-electron chi connectivity index (χ3n) is 4.61. The number of nitrogens with zero attached hydrogens (tertiary/aromatic N) is 2. The second-order valence-electron chi connectivity index (χ2n) is 6.47. The summed E-state index contributed by atoms with van der Waals surface area (Å²) in [4.78, 5) is 18.0. The molecule has 2 rings (SSSR count). The first kappa shape index (κ1) is 21.1. The van der Waals surface area contributed by atoms with Gasteiger partial charge >= 0.3 is 5.97 Å². The molecule has 8 heteroatoms. The number of ether oxygens (including phenoxy) is 2. The van der Waals surface area contributed by atoms with Gasteiger partial charge in [0.05, 0.1) is 32.3 Å². The number of methoxy groups -OCH3 is 1. The number of hydrogen-bond acceptors (Lipinski definition) is 5. The van der Waals surface area contributed by atoms with Crippen LogP contribution in [0.15, 0.2) is 29.3 Å². The Morgan fingerprint density at radius 1 is 1.26 bits per heavy atom. The predicted molar refractivity (Wildman–Crippen MR) is 102 cm³/mol. The summed E-state index contributed by atoms with van der Waals surface area (Å²) in [5, 5.41) is 6.44. The molecule has 0 amide bonds. The minimum absolute atomic E-state index is 0.0612. The van der Waals surface area contributed by atoms with Crippen LogP contribution in [0.3, 0.4) is 0 Å². The summed E-state index contributed by atoms with van der Waals surface area (Å²) >= 11 is 0. The first-order chi connectivity index (χ1) is 13.0. The van der Waals surface area contributed by atoms with Crippen LogP contribution in [0.2, 0.25) is 0 Å². The van der Waals surface area contributed by atoms with Crippen molar-refractivity contribution in [2.75, 3.05) is 53.6 Å². The molecule has 1 aromatic carbocycles. The molecule has 0 saturated carbocycles. The molecule has 1 aliphatic rings. The lowest BCUT2D eigenvalue weighted by Gasteiger charge is -2.35. The van der Waals surface area contributed by atoms with Gasteiger partial charge in [-0.1, -0.05) is 19.1 Å². The Morgan fingerprint density at radius 3 is 2.48 bits per heavy atom. The van der Waals surface area contributed by atoms with Gasteiger partial charge in [0.25, 0.3) is 0 Å². The maximum Gasteiger partial charge on any atom is 0.310 e. The van der Waals surface area contributed by atoms with E-state index in [-0.39, 0.29) is 23.7 Å². The van der Waals surface area contributed by atoms with Crippen molar-refractivity contribution >= 4 is 11.9 Å². The van der Waals surface area contributed by atoms with E-state index in [0.29, 0.717) is 32.3 Å². The van der Waals surface area contributed by atoms with Crippen LogP contribution in [0.5, 0.6) is 0 Å². The summed E-state index contributed by atoms with van der Waals surface area (Å²) in [5.74, 6) is -0.191. The van der Waals surface area contributed by atoms with Crippen molar-refractivity contribution in [3.05, 3.63) is 35.6 Å². The summed E-state index contributed by atoms with van der Waals surface area (Å²) in [6.07, 6.45) is 0. The first-order valence-corrected chi connectivity index (χ1v) is 9.14. The van der Waals surface area contributed by atoms with Crippen LogP contribution in [0.4, 0.5) is 4.39 Å². The number of guanidine groups is 1. The number of esters is 1. The van der Waals surface area contributed by atoms with E-state index in [0.717, 1.165) is 18.7 Å². The summed E-state index contributed by atoms with van der Waals surface area (Å²) in [6.45, 7) is 5.80. The highest BCUT2D eigenvalue weighted by Gasteiger charge is 2.23. The second-order valence-corrected chi connectivity index (χ2v) is 6.47. The van der Waals surface area contributed by atoms with Crippen molar-refractivity contribution in [1.82, 2.24) is 15.5 Å². The molecule has 0 bridgehead atoms. The highest BCUT2D eigenvalue weighted by molar-refractivity contribution is 5.80. The number of rotatable bonds is 7. The van der Waals surface area contributed by atoms with Crippen LogP contribution in [0, 0.1) is 11.7 Å². The topological polar surface area (TPSA) is 75.2 Å². The molecule has 27 heavy (non-hydrogen) atoms. The van der Waals surface area contributed by atoms with E-state index in [1.165, 1.54) is 19.2 Å². The van der Waals surface area contributed by atoms with E-state index in [1.807, 2.05) is 12.1 Å². The van der Waals surface area contributed by atoms with Crippen molar-refractivity contribution in [3.63, 3.8) is 0 Å². The number of carbonyl (C=O) groups excluding carboxylic acids is 1. The predicted octanol–water partition coefficient (Wildman–Crippen LogP) is 1.17. The van der Waals surface area contributed by atoms with E-state index >= 15 is 0 Å². The number of morpholine rings is 1. The quantitative estimate of drug-likeness (QED) is 0.420. The van der Waals surface area contributed by atoms with Crippen LogP contribution in [-0.4, -0.2) is 70.4 Å². The number of aliphatic imine (C=N–C) groups is 1. The lowest BCUT2D eigenvalue weighted by molar-refractivity contribution is -0.144. The zero-order chi connectivity index (χ0) is 19.6. The normalized spacial score (nSPS) is 17.9. The Kier molecular flexibility index (Phi) is 8.47. The van der Waals surface area contributed by atoms with E-state index in [9.17, 15) is 9.18 Å². The number of carbonyl (C=O) groups is 1. The van der Waals surface area contributed by atoms with Crippen molar-refractivity contribution in [3.8, 4) is 0 Å². The van der Waals surface area contributed by atoms with E-state index in [4.69, 9.17) is 9.47 Å². The van der Waals surface area contributed by atoms with Crippen LogP contribution in [0.1, 0.15) is 18.5 Å². The van der Waals surface area contributed by atoms with Gasteiger partial charge in [-0.05, 0) is 17.7 Å². The van der Waals surface area contributed by atoms with Gasteiger partial charge in [0.1, 0.15) is 5.82 Å². The molecule has 1 aromatic rings. The monoisotopic (exact) mass is 380 g/mol. The number of nitrogens with one attached hydrogen (secondary N) is 2. The summed E-state index contributed by atoms with van der Waals surface area (Å²) < 4.78 is 23.5. The van der Waals surface area contributed by atoms with E-state index < -0.39 is 0 Å². The van der Waals surface area contributed by atoms with Crippen molar-refractivity contribution < 1.29 is 18.7 Å². The zero-order valence-corrected chi connectivity index (χ0v) is 16.2. The van der Waals surface area contributed by atoms with Crippen molar-refractivity contribution in [1.29, 1.82) is 0 Å². The van der Waals surface area contributed by atoms with Gasteiger partial charge in [0.15, 0.2) is 5.96 Å². The molecule has 0 radical (unpaired) electrons. The van der Waals surface area contributed by atoms with Gasteiger partial charge < -0.3 is 20.1 Å². The second kappa shape index (κ2) is 10.8. The molecule has 1 saturated heterocycles. The molecule has 2 atom stereocenters. The fourth-order valence-corrected chi connectivity index (χ4v) is 2.98. The minimum Gasteiger partial charge on any atom is -0.469 e. The van der Waals surface area contributed by atoms with Crippen LogP contribution in [-0.2, 0) is 14.3 Å². The molecule has 2 N–H and O–H groups in total. The lowest BCUT2D eigenvalue weighted by atomic mass is 10.0. The molecule has 2 unspecified atom stereocenters. The van der Waals surface area contributed by atoms with Gasteiger partial charge in [0.2, 0.25) is 0 Å². The zero-order valence-electron chi connectivity index (χ0n) is 16.2. The summed E-state index contributed by atoms with van der Waals surface area (Å²) in [7, 11) is 3.06. The van der Waals surface area contributed by atoms with Crippen LogP contribution >= 0.6 is 0 Å². The molecular formula is C19H29FN4O3. The maximum absolute atomic E-state index is 13.3. The number of halogens is 1. The third-order valence-corrected chi connectivity index (χ3v) is 4.61. The fourth-order valence-electron chi connectivity index (χ4n) is 2.98. The third kappa shape index (κ3) is 6.48. The number of benzene rings is 1. The molecular weight excluding hydrogens is 351 g/mol. The average molecular weight is 380 g/mol. The Hall–Kier alpha value is -2.19. The minimum atomic E-state index is -0.277. The Balaban J connectivity index is 1.99. The van der Waals surface area contributed by atoms with Gasteiger partial charge in [0, 0.05) is 33.2 Å². The van der Waals surface area contributed by atoms with E-state index in [2.05, 4.69) is 20.5 Å². The lowest BCUT2D eigenvalue weighted by Crippen LogP contribution is -2.47. The Labute approximate surface area is 159 Å². The average Bonchev–Trinajstić information content (AvgIpc) is 2.71. The van der Waals surface area contributed by atoms with Crippen molar-refractivity contribution in [2.24, 2.45) is 10.9 Å². The standard InChI is InChI=1S/C19H29FN4O3/c1-14(18(25)26-3)12-22-19(21-2)23-13-17(24-8-10-27-11-9-24)15-4-6-16(20)7-5-15/h4-7,14,17H,8-13H2,1-3H3,(H2,21,22,23). The SMILES string of the molecule is CN=C(NCC(C)C(=O)OC)NCC(c1ccc(F)cc1)N1CCOCC1. The Bertz CT molecular complexity index is 618. The van der Waals surface area contributed by atoms with Crippen LogP contribution in [0.25, 0.3) is 0 Å². The van der Waals surface area contributed by atoms with Gasteiger partial charge in [-0.3, -0.25) is 14.7 Å². The highest BCUT2D eigenvalue weighted by Crippen LogP contribution is 2.21.